The molecular weight excluding hydrogens is 172 g/mol. The average molecular weight is 192 g/mol. The quantitative estimate of drug-likeness (QED) is 0.481. The van der Waals surface area contributed by atoms with Crippen LogP contribution in [0.4, 0.5) is 0 Å². The highest BCUT2D eigenvalue weighted by molar-refractivity contribution is 8.76. The molecule has 1 saturated carbocycles. The molecule has 0 aromatic carbocycles. The molecule has 1 fully saturated rings. The third-order valence-corrected chi connectivity index (χ3v) is 4.12. The van der Waals surface area contributed by atoms with Gasteiger partial charge in [0.1, 0.15) is 0 Å². The Morgan fingerprint density at radius 1 is 0.727 bits per heavy atom. The van der Waals surface area contributed by atoms with Crippen molar-refractivity contribution in [3.8, 4) is 0 Å². The van der Waals surface area contributed by atoms with Gasteiger partial charge in [-0.15, -0.1) is 0 Å². The highest BCUT2D eigenvalue weighted by Crippen LogP contribution is 2.18. The molecule has 0 bridgehead atoms. The first-order valence-electron chi connectivity index (χ1n) is 4.66. The minimum Gasteiger partial charge on any atom is -0.0945 e. The Balaban J connectivity index is 0.000000183. The Kier molecular flexibility index (Phi) is 11.4. The van der Waals surface area contributed by atoms with Crippen molar-refractivity contribution in [1.29, 1.82) is 0 Å². The Hall–Kier alpha value is 0.700. The fraction of sp³-hybridized carbons (Fsp3) is 1.00. The van der Waals surface area contributed by atoms with Crippen molar-refractivity contribution in [2.24, 2.45) is 0 Å². The lowest BCUT2D eigenvalue weighted by Crippen LogP contribution is -1.59. The van der Waals surface area contributed by atoms with E-state index in [4.69, 9.17) is 0 Å². The molecule has 0 amide bonds. The summed E-state index contributed by atoms with van der Waals surface area (Å²) in [6.45, 7) is 4.35. The maximum atomic E-state index is 2.17. The molecule has 0 aliphatic heterocycles. The summed E-state index contributed by atoms with van der Waals surface area (Å²) < 4.78 is 0. The molecule has 1 aliphatic carbocycles. The van der Waals surface area contributed by atoms with E-state index in [2.05, 4.69) is 13.8 Å². The Morgan fingerprint density at radius 3 is 1.18 bits per heavy atom. The largest absolute Gasteiger partial charge is 0.0945 e. The van der Waals surface area contributed by atoms with Crippen LogP contribution in [-0.4, -0.2) is 11.5 Å². The summed E-state index contributed by atoms with van der Waals surface area (Å²) in [5, 5.41) is 0. The van der Waals surface area contributed by atoms with Gasteiger partial charge >= 0.3 is 0 Å². The summed E-state index contributed by atoms with van der Waals surface area (Å²) in [4.78, 5) is 0. The molecule has 11 heavy (non-hydrogen) atoms. The molecule has 0 radical (unpaired) electrons. The monoisotopic (exact) mass is 192 g/mol. The molecular formula is C9H20S2. The second-order valence-corrected chi connectivity index (χ2v) is 5.62. The van der Waals surface area contributed by atoms with Crippen molar-refractivity contribution in [1.82, 2.24) is 0 Å². The standard InChI is InChI=1S/C5H10.C4H10S2/c1-2-4-5-3-1;1-3-5-6-4-2/h1-5H2;3-4H2,1-2H3. The van der Waals surface area contributed by atoms with Crippen molar-refractivity contribution < 1.29 is 0 Å². The molecule has 0 aromatic rings. The molecule has 0 heterocycles. The minimum atomic E-state index is 1.23. The first-order valence-corrected chi connectivity index (χ1v) is 7.15. The van der Waals surface area contributed by atoms with E-state index in [0.717, 1.165) is 0 Å². The zero-order valence-corrected chi connectivity index (χ0v) is 9.40. The zero-order chi connectivity index (χ0) is 8.36. The summed E-state index contributed by atoms with van der Waals surface area (Å²) in [7, 11) is 3.85. The summed E-state index contributed by atoms with van der Waals surface area (Å²) in [6.07, 6.45) is 7.50. The van der Waals surface area contributed by atoms with Crippen LogP contribution < -0.4 is 0 Å². The van der Waals surface area contributed by atoms with Crippen LogP contribution >= 0.6 is 21.6 Å². The van der Waals surface area contributed by atoms with Gasteiger partial charge in [-0.3, -0.25) is 0 Å². The van der Waals surface area contributed by atoms with E-state index in [1.165, 1.54) is 43.6 Å². The molecule has 0 saturated heterocycles. The van der Waals surface area contributed by atoms with Crippen LogP contribution in [-0.2, 0) is 0 Å². The highest BCUT2D eigenvalue weighted by Gasteiger charge is 1.95. The van der Waals surface area contributed by atoms with Crippen LogP contribution in [0.1, 0.15) is 46.0 Å². The second-order valence-electron chi connectivity index (χ2n) is 2.58. The number of hydrogen-bond acceptors (Lipinski definition) is 2. The summed E-state index contributed by atoms with van der Waals surface area (Å²) in [6, 6.07) is 0. The molecule has 0 nitrogen and oxygen atoms in total. The Bertz CT molecular complexity index is 49.0. The van der Waals surface area contributed by atoms with Gasteiger partial charge in [0, 0.05) is 11.5 Å². The van der Waals surface area contributed by atoms with Crippen molar-refractivity contribution in [3.05, 3.63) is 0 Å². The van der Waals surface area contributed by atoms with E-state index < -0.39 is 0 Å². The summed E-state index contributed by atoms with van der Waals surface area (Å²) >= 11 is 0. The lowest BCUT2D eigenvalue weighted by atomic mass is 10.4. The van der Waals surface area contributed by atoms with Gasteiger partial charge in [0.05, 0.1) is 0 Å². The van der Waals surface area contributed by atoms with Gasteiger partial charge in [0.15, 0.2) is 0 Å². The Labute approximate surface area is 79.3 Å². The van der Waals surface area contributed by atoms with Crippen LogP contribution in [0, 0.1) is 0 Å². The van der Waals surface area contributed by atoms with Crippen LogP contribution in [0.25, 0.3) is 0 Å². The van der Waals surface area contributed by atoms with Gasteiger partial charge in [-0.25, -0.2) is 0 Å². The number of hydrogen-bond donors (Lipinski definition) is 0. The predicted octanol–water partition coefficient (Wildman–Crippen LogP) is 4.36. The second kappa shape index (κ2) is 10.7. The van der Waals surface area contributed by atoms with Crippen LogP contribution in [0.5, 0.6) is 0 Å². The SMILES string of the molecule is C1CCCC1.CCSSCC. The zero-order valence-electron chi connectivity index (χ0n) is 7.77. The van der Waals surface area contributed by atoms with Crippen molar-refractivity contribution >= 4 is 21.6 Å². The average Bonchev–Trinajstić information content (AvgIpc) is 2.57. The molecule has 0 atom stereocenters. The maximum absolute atomic E-state index is 2.17. The first-order chi connectivity index (χ1) is 5.41. The van der Waals surface area contributed by atoms with Crippen LogP contribution in [0.2, 0.25) is 0 Å². The molecule has 0 unspecified atom stereocenters. The van der Waals surface area contributed by atoms with Gasteiger partial charge in [-0.05, 0) is 0 Å². The Morgan fingerprint density at radius 2 is 1.00 bits per heavy atom. The highest BCUT2D eigenvalue weighted by atomic mass is 33.1. The van der Waals surface area contributed by atoms with Crippen LogP contribution in [0.15, 0.2) is 0 Å². The fourth-order valence-electron chi connectivity index (χ4n) is 1.05. The molecule has 1 rings (SSSR count). The summed E-state index contributed by atoms with van der Waals surface area (Å²) in [5.41, 5.74) is 0. The van der Waals surface area contributed by atoms with Crippen molar-refractivity contribution in [2.75, 3.05) is 11.5 Å². The smallest absolute Gasteiger partial charge is 0.000844 e. The first kappa shape index (κ1) is 11.7. The van der Waals surface area contributed by atoms with Crippen molar-refractivity contribution in [3.63, 3.8) is 0 Å². The molecule has 68 valence electrons. The molecule has 1 aliphatic rings. The molecule has 0 spiro atoms. The van der Waals surface area contributed by atoms with E-state index in [1.807, 2.05) is 21.6 Å². The van der Waals surface area contributed by atoms with Gasteiger partial charge in [-0.2, -0.15) is 0 Å². The van der Waals surface area contributed by atoms with Gasteiger partial charge in [0.2, 0.25) is 0 Å². The normalized spacial score (nSPS) is 15.8. The molecule has 0 N–H and O–H groups in total. The third-order valence-electron chi connectivity index (χ3n) is 1.57. The van der Waals surface area contributed by atoms with E-state index in [0.29, 0.717) is 0 Å². The number of rotatable bonds is 3. The topological polar surface area (TPSA) is 0 Å². The minimum absolute atomic E-state index is 1.23. The molecule has 0 aromatic heterocycles. The van der Waals surface area contributed by atoms with E-state index in [1.54, 1.807) is 0 Å². The van der Waals surface area contributed by atoms with Crippen molar-refractivity contribution in [2.45, 2.75) is 46.0 Å². The lowest BCUT2D eigenvalue weighted by Gasteiger charge is -1.86. The maximum Gasteiger partial charge on any atom is 0.000844 e. The van der Waals surface area contributed by atoms with Gasteiger partial charge in [0.25, 0.3) is 0 Å². The van der Waals surface area contributed by atoms with E-state index in [-0.39, 0.29) is 0 Å². The predicted molar refractivity (Wildman–Crippen MR) is 59.3 cm³/mol. The lowest BCUT2D eigenvalue weighted by molar-refractivity contribution is 0.886. The van der Waals surface area contributed by atoms with E-state index in [9.17, 15) is 0 Å². The van der Waals surface area contributed by atoms with Crippen LogP contribution in [0.3, 0.4) is 0 Å². The molecule has 2 heteroatoms. The van der Waals surface area contributed by atoms with E-state index >= 15 is 0 Å². The van der Waals surface area contributed by atoms with Gasteiger partial charge in [-0.1, -0.05) is 67.5 Å². The summed E-state index contributed by atoms with van der Waals surface area (Å²) in [5.74, 6) is 2.47. The fourth-order valence-corrected chi connectivity index (χ4v) is 2.38. The van der Waals surface area contributed by atoms with Gasteiger partial charge < -0.3 is 0 Å². The third kappa shape index (κ3) is 10.7.